The van der Waals surface area contributed by atoms with Crippen LogP contribution in [0.1, 0.15) is 12.7 Å². The van der Waals surface area contributed by atoms with E-state index in [0.717, 1.165) is 55.2 Å². The number of piperazine rings is 1. The van der Waals surface area contributed by atoms with E-state index in [1.165, 1.54) is 5.69 Å². The number of hydrogen-bond donors (Lipinski definition) is 1. The van der Waals surface area contributed by atoms with E-state index in [1.54, 1.807) is 26.5 Å². The van der Waals surface area contributed by atoms with Crippen LogP contribution < -0.4 is 19.7 Å². The van der Waals surface area contributed by atoms with Crippen LogP contribution in [0.15, 0.2) is 48.7 Å². The summed E-state index contributed by atoms with van der Waals surface area (Å²) in [5, 5.41) is 13.8. The van der Waals surface area contributed by atoms with E-state index in [-0.39, 0.29) is 0 Å². The lowest BCUT2D eigenvalue weighted by Crippen LogP contribution is -2.46. The largest absolute Gasteiger partial charge is 0.497 e. The normalized spacial score (nSPS) is 14.2. The van der Waals surface area contributed by atoms with Gasteiger partial charge in [0.15, 0.2) is 17.1 Å². The summed E-state index contributed by atoms with van der Waals surface area (Å²) in [6.45, 7) is 8.14. The molecule has 224 valence electrons. The Morgan fingerprint density at radius 3 is 2.37 bits per heavy atom. The minimum absolute atomic E-state index is 0.455. The van der Waals surface area contributed by atoms with E-state index in [4.69, 9.17) is 26.1 Å². The van der Waals surface area contributed by atoms with Crippen molar-refractivity contribution < 1.29 is 9.47 Å². The fraction of sp³-hybridized carbons (Fsp3) is 0.355. The Bertz CT molecular complexity index is 1750. The van der Waals surface area contributed by atoms with Crippen LogP contribution in [0.3, 0.4) is 0 Å². The van der Waals surface area contributed by atoms with Crippen LogP contribution in [0.25, 0.3) is 27.8 Å². The molecule has 11 nitrogen and oxygen atoms in total. The first-order valence-corrected chi connectivity index (χ1v) is 14.7. The number of halogens is 1. The second kappa shape index (κ2) is 12.2. The first-order valence-electron chi connectivity index (χ1n) is 14.3. The zero-order valence-electron chi connectivity index (χ0n) is 25.1. The first kappa shape index (κ1) is 28.9. The van der Waals surface area contributed by atoms with Gasteiger partial charge in [0.2, 0.25) is 5.95 Å². The Morgan fingerprint density at radius 1 is 0.930 bits per heavy atom. The number of fused-ring (bicyclic) bond motifs is 3. The summed E-state index contributed by atoms with van der Waals surface area (Å²) in [5.41, 5.74) is 4.93. The van der Waals surface area contributed by atoms with Crippen molar-refractivity contribution in [2.45, 2.75) is 13.5 Å². The topological polar surface area (TPSA) is 96.2 Å². The maximum Gasteiger partial charge on any atom is 0.229 e. The molecule has 0 spiro atoms. The number of nitrogens with zero attached hydrogens (tertiary/aromatic N) is 8. The van der Waals surface area contributed by atoms with Gasteiger partial charge >= 0.3 is 0 Å². The molecule has 0 atom stereocenters. The molecule has 1 N–H and O–H groups in total. The van der Waals surface area contributed by atoms with Crippen molar-refractivity contribution in [3.63, 3.8) is 0 Å². The van der Waals surface area contributed by atoms with Gasteiger partial charge in [0, 0.05) is 66.3 Å². The fourth-order valence-electron chi connectivity index (χ4n) is 5.48. The van der Waals surface area contributed by atoms with Gasteiger partial charge in [-0.3, -0.25) is 4.40 Å². The SMILES string of the molecule is CCN1CCN(c2ccc(Nc3ncc4cc(-c5cc(OC)cc(OC)c5Cl)c5nnc(CN(C)C)n5c4n3)cc2)CC1. The summed E-state index contributed by atoms with van der Waals surface area (Å²) in [4.78, 5) is 16.5. The minimum Gasteiger partial charge on any atom is -0.497 e. The molecule has 12 heteroatoms. The maximum atomic E-state index is 6.81. The van der Waals surface area contributed by atoms with E-state index < -0.39 is 0 Å². The lowest BCUT2D eigenvalue weighted by atomic mass is 10.0. The molecule has 0 saturated carbocycles. The maximum absolute atomic E-state index is 6.81. The Morgan fingerprint density at radius 2 is 1.70 bits per heavy atom. The molecule has 0 unspecified atom stereocenters. The summed E-state index contributed by atoms with van der Waals surface area (Å²) in [6.07, 6.45) is 1.81. The quantitative estimate of drug-likeness (QED) is 0.250. The van der Waals surface area contributed by atoms with Crippen LogP contribution in [0, 0.1) is 0 Å². The van der Waals surface area contributed by atoms with Gasteiger partial charge < -0.3 is 29.5 Å². The van der Waals surface area contributed by atoms with Gasteiger partial charge in [0.05, 0.1) is 25.8 Å². The number of ether oxygens (including phenoxy) is 2. The molecule has 4 heterocycles. The highest BCUT2D eigenvalue weighted by atomic mass is 35.5. The summed E-state index contributed by atoms with van der Waals surface area (Å²) in [6, 6.07) is 14.1. The molecule has 0 aliphatic carbocycles. The molecule has 3 aromatic heterocycles. The van der Waals surface area contributed by atoms with Crippen molar-refractivity contribution in [1.82, 2.24) is 34.4 Å². The number of nitrogens with one attached hydrogen (secondary N) is 1. The predicted octanol–water partition coefficient (Wildman–Crippen LogP) is 4.96. The van der Waals surface area contributed by atoms with Crippen molar-refractivity contribution in [2.24, 2.45) is 0 Å². The molecule has 43 heavy (non-hydrogen) atoms. The third-order valence-electron chi connectivity index (χ3n) is 7.80. The van der Waals surface area contributed by atoms with Gasteiger partial charge in [-0.1, -0.05) is 18.5 Å². The van der Waals surface area contributed by atoms with Crippen LogP contribution in [-0.4, -0.2) is 95.4 Å². The van der Waals surface area contributed by atoms with E-state index in [0.29, 0.717) is 45.9 Å². The molecule has 1 aliphatic heterocycles. The highest BCUT2D eigenvalue weighted by molar-refractivity contribution is 6.35. The Kier molecular flexibility index (Phi) is 8.20. The Balaban J connectivity index is 1.38. The molecular weight excluding hydrogens is 566 g/mol. The first-order chi connectivity index (χ1) is 20.9. The van der Waals surface area contributed by atoms with Crippen molar-refractivity contribution in [1.29, 1.82) is 0 Å². The summed E-state index contributed by atoms with van der Waals surface area (Å²) in [5.74, 6) is 2.35. The van der Waals surface area contributed by atoms with E-state index in [9.17, 15) is 0 Å². The van der Waals surface area contributed by atoms with Crippen LogP contribution in [0.2, 0.25) is 5.02 Å². The van der Waals surface area contributed by atoms with Crippen LogP contribution in [0.5, 0.6) is 11.5 Å². The fourth-order valence-corrected chi connectivity index (χ4v) is 5.77. The predicted molar refractivity (Wildman–Crippen MR) is 171 cm³/mol. The molecule has 0 amide bonds. The lowest BCUT2D eigenvalue weighted by molar-refractivity contribution is 0.271. The highest BCUT2D eigenvalue weighted by Crippen LogP contribution is 2.41. The van der Waals surface area contributed by atoms with Crippen molar-refractivity contribution in [3.05, 3.63) is 59.5 Å². The zero-order valence-corrected chi connectivity index (χ0v) is 25.9. The second-order valence-corrected chi connectivity index (χ2v) is 11.2. The number of anilines is 3. The molecule has 1 saturated heterocycles. The minimum atomic E-state index is 0.455. The average Bonchev–Trinajstić information content (AvgIpc) is 3.44. The third-order valence-corrected chi connectivity index (χ3v) is 8.19. The molecule has 0 radical (unpaired) electrons. The number of benzene rings is 2. The molecule has 1 aliphatic rings. The summed E-state index contributed by atoms with van der Waals surface area (Å²) in [7, 11) is 7.17. The summed E-state index contributed by atoms with van der Waals surface area (Å²) >= 11 is 6.81. The Hall–Kier alpha value is -4.19. The third kappa shape index (κ3) is 5.75. The van der Waals surface area contributed by atoms with Crippen molar-refractivity contribution in [2.75, 3.05) is 71.3 Å². The van der Waals surface area contributed by atoms with Crippen molar-refractivity contribution >= 4 is 45.6 Å². The molecular formula is C31H36ClN9O2. The highest BCUT2D eigenvalue weighted by Gasteiger charge is 2.21. The van der Waals surface area contributed by atoms with Crippen LogP contribution >= 0.6 is 11.6 Å². The number of likely N-dealkylation sites (N-methyl/N-ethyl adjacent to an activating group) is 1. The van der Waals surface area contributed by atoms with Gasteiger partial charge in [0.1, 0.15) is 11.5 Å². The lowest BCUT2D eigenvalue weighted by Gasteiger charge is -2.35. The summed E-state index contributed by atoms with van der Waals surface area (Å²) < 4.78 is 13.0. The standard InChI is InChI=1S/C31H36ClN9O2/c1-6-39-11-13-40(14-12-39)22-9-7-21(8-10-22)34-31-33-18-20-15-25(24-16-23(42-4)17-26(43-5)28(24)32)30-37-36-27(19-38(2)3)41(30)29(20)35-31/h7-10,15-18H,6,11-14,19H2,1-5H3,(H,33,34,35). The molecule has 1 fully saturated rings. The molecule has 0 bridgehead atoms. The molecule has 6 rings (SSSR count). The van der Waals surface area contributed by atoms with Gasteiger partial charge in [-0.2, -0.15) is 4.98 Å². The monoisotopic (exact) mass is 601 g/mol. The molecule has 5 aromatic rings. The number of pyridine rings is 1. The van der Waals surface area contributed by atoms with Gasteiger partial charge in [-0.05, 0) is 57.0 Å². The number of methoxy groups -OCH3 is 2. The number of rotatable bonds is 9. The van der Waals surface area contributed by atoms with Gasteiger partial charge in [-0.25, -0.2) is 4.98 Å². The number of hydrogen-bond acceptors (Lipinski definition) is 10. The van der Waals surface area contributed by atoms with Crippen LogP contribution in [-0.2, 0) is 6.54 Å². The van der Waals surface area contributed by atoms with E-state index in [2.05, 4.69) is 61.5 Å². The average molecular weight is 602 g/mol. The van der Waals surface area contributed by atoms with Gasteiger partial charge in [-0.15, -0.1) is 10.2 Å². The smallest absolute Gasteiger partial charge is 0.229 e. The number of aromatic nitrogens is 5. The zero-order chi connectivity index (χ0) is 30.1. The van der Waals surface area contributed by atoms with Gasteiger partial charge in [0.25, 0.3) is 0 Å². The Labute approximate surface area is 256 Å². The molecule has 2 aromatic carbocycles. The second-order valence-electron chi connectivity index (χ2n) is 10.8. The van der Waals surface area contributed by atoms with Crippen LogP contribution in [0.4, 0.5) is 17.3 Å². The van der Waals surface area contributed by atoms with E-state index in [1.807, 2.05) is 35.5 Å². The van der Waals surface area contributed by atoms with E-state index >= 15 is 0 Å². The van der Waals surface area contributed by atoms with Crippen molar-refractivity contribution in [3.8, 4) is 22.6 Å².